The lowest BCUT2D eigenvalue weighted by Crippen LogP contribution is -2.30. The van der Waals surface area contributed by atoms with Gasteiger partial charge in [0.1, 0.15) is 5.69 Å². The average Bonchev–Trinajstić information content (AvgIpc) is 3.27. The van der Waals surface area contributed by atoms with Crippen molar-refractivity contribution < 1.29 is 9.53 Å². The van der Waals surface area contributed by atoms with E-state index in [1.165, 1.54) is 6.42 Å². The summed E-state index contributed by atoms with van der Waals surface area (Å²) in [6.45, 7) is 4.29. The van der Waals surface area contributed by atoms with Gasteiger partial charge in [-0.3, -0.25) is 9.48 Å². The molecule has 1 amide bonds. The molecule has 2 heterocycles. The van der Waals surface area contributed by atoms with Gasteiger partial charge in [0.05, 0.1) is 19.0 Å². The Bertz CT molecular complexity index is 780. The second-order valence-corrected chi connectivity index (χ2v) is 6.87. The molecule has 8 nitrogen and oxygen atoms in total. The molecule has 1 atom stereocenters. The summed E-state index contributed by atoms with van der Waals surface area (Å²) in [7, 11) is 5.33. The highest BCUT2D eigenvalue weighted by molar-refractivity contribution is 5.76. The number of carbonyl (C=O) groups is 1. The zero-order valence-electron chi connectivity index (χ0n) is 17.6. The van der Waals surface area contributed by atoms with E-state index in [-0.39, 0.29) is 6.04 Å². The molecule has 28 heavy (non-hydrogen) atoms. The summed E-state index contributed by atoms with van der Waals surface area (Å²) in [5.41, 5.74) is 1.42. The Hall–Kier alpha value is -2.77. The van der Waals surface area contributed by atoms with Crippen LogP contribution in [0.3, 0.4) is 0 Å². The smallest absolute Gasteiger partial charge is 0.256 e. The van der Waals surface area contributed by atoms with Gasteiger partial charge >= 0.3 is 0 Å². The van der Waals surface area contributed by atoms with Gasteiger partial charge in [-0.1, -0.05) is 33.1 Å². The molecule has 154 valence electrons. The molecule has 0 aromatic carbocycles. The van der Waals surface area contributed by atoms with E-state index >= 15 is 0 Å². The molecule has 1 N–H and O–H groups in total. The molecule has 2 rings (SSSR count). The summed E-state index contributed by atoms with van der Waals surface area (Å²) in [6.07, 6.45) is 13.5. The van der Waals surface area contributed by atoms with Crippen molar-refractivity contribution in [1.29, 1.82) is 0 Å². The van der Waals surface area contributed by atoms with Crippen LogP contribution in [0.5, 0.6) is 5.88 Å². The Morgan fingerprint density at radius 1 is 1.36 bits per heavy atom. The zero-order valence-corrected chi connectivity index (χ0v) is 17.6. The van der Waals surface area contributed by atoms with Crippen molar-refractivity contribution in [3.05, 3.63) is 30.6 Å². The Labute approximate surface area is 167 Å². The number of methoxy groups -OCH3 is 1. The molecule has 8 heteroatoms. The average molecular weight is 389 g/mol. The van der Waals surface area contributed by atoms with Gasteiger partial charge in [-0.2, -0.15) is 0 Å². The number of nitrogens with one attached hydrogen (secondary N) is 1. The van der Waals surface area contributed by atoms with Crippen LogP contribution >= 0.6 is 0 Å². The molecule has 0 saturated heterocycles. The second-order valence-electron chi connectivity index (χ2n) is 6.87. The van der Waals surface area contributed by atoms with Crippen LogP contribution in [0, 0.1) is 0 Å². The second kappa shape index (κ2) is 10.5. The van der Waals surface area contributed by atoms with E-state index < -0.39 is 0 Å². The highest BCUT2D eigenvalue weighted by Gasteiger charge is 2.18. The van der Waals surface area contributed by atoms with Gasteiger partial charge < -0.3 is 19.5 Å². The lowest BCUT2D eigenvalue weighted by Gasteiger charge is -2.25. The summed E-state index contributed by atoms with van der Waals surface area (Å²) < 4.78 is 8.93. The number of carbonyl (C=O) groups excluding carboxylic acids is 1. The summed E-state index contributed by atoms with van der Waals surface area (Å²) in [5.74, 6) is 1.21. The van der Waals surface area contributed by atoms with Gasteiger partial charge in [0.15, 0.2) is 5.82 Å². The van der Waals surface area contributed by atoms with Crippen molar-refractivity contribution in [2.45, 2.75) is 52.0 Å². The maximum absolute atomic E-state index is 11.9. The molecular weight excluding hydrogens is 356 g/mol. The Balaban J connectivity index is 2.36. The first-order valence-corrected chi connectivity index (χ1v) is 9.80. The van der Waals surface area contributed by atoms with Crippen molar-refractivity contribution in [2.75, 3.05) is 12.4 Å². The van der Waals surface area contributed by atoms with Crippen molar-refractivity contribution in [3.8, 4) is 5.88 Å². The summed E-state index contributed by atoms with van der Waals surface area (Å²) in [5, 5.41) is 7.62. The molecule has 0 radical (unpaired) electrons. The first kappa shape index (κ1) is 21.5. The number of amides is 1. The predicted octanol–water partition coefficient (Wildman–Crippen LogP) is 3.39. The number of unbranched alkanes of at least 4 members (excludes halogenated alkanes) is 2. The highest BCUT2D eigenvalue weighted by atomic mass is 16.5. The van der Waals surface area contributed by atoms with Crippen LogP contribution in [-0.4, -0.2) is 43.8 Å². The number of aromatic nitrogens is 4. The van der Waals surface area contributed by atoms with Crippen LogP contribution in [0.1, 0.15) is 51.8 Å². The number of anilines is 1. The number of rotatable bonds is 12. The van der Waals surface area contributed by atoms with Crippen molar-refractivity contribution in [1.82, 2.24) is 24.2 Å². The number of nitrogens with zero attached hydrogens (tertiary/aromatic N) is 5. The molecule has 0 aliphatic carbocycles. The quantitative estimate of drug-likeness (QED) is 0.445. The van der Waals surface area contributed by atoms with Gasteiger partial charge in [-0.05, 0) is 12.8 Å². The first-order chi connectivity index (χ1) is 13.5. The Morgan fingerprint density at radius 3 is 2.71 bits per heavy atom. The van der Waals surface area contributed by atoms with Gasteiger partial charge in [0.2, 0.25) is 6.41 Å². The fourth-order valence-electron chi connectivity index (χ4n) is 3.19. The van der Waals surface area contributed by atoms with Crippen LogP contribution in [0.15, 0.2) is 24.8 Å². The topological polar surface area (TPSA) is 77.2 Å². The Morgan fingerprint density at radius 2 is 2.14 bits per heavy atom. The monoisotopic (exact) mass is 388 g/mol. The van der Waals surface area contributed by atoms with Gasteiger partial charge in [0, 0.05) is 38.7 Å². The molecule has 0 bridgehead atoms. The molecule has 0 fully saturated rings. The van der Waals surface area contributed by atoms with Crippen molar-refractivity contribution in [2.24, 2.45) is 14.1 Å². The number of ether oxygens (including phenoxy) is 1. The number of aryl methyl sites for hydroxylation is 2. The lowest BCUT2D eigenvalue weighted by atomic mass is 10.1. The van der Waals surface area contributed by atoms with Crippen LogP contribution < -0.4 is 10.1 Å². The van der Waals surface area contributed by atoms with Gasteiger partial charge in [0.25, 0.3) is 5.88 Å². The molecule has 2 aromatic rings. The third-order valence-corrected chi connectivity index (χ3v) is 4.75. The summed E-state index contributed by atoms with van der Waals surface area (Å²) in [4.78, 5) is 18.1. The minimum Gasteiger partial charge on any atom is -0.478 e. The fraction of sp³-hybridized carbons (Fsp3) is 0.550. The van der Waals surface area contributed by atoms with E-state index in [1.54, 1.807) is 22.9 Å². The third kappa shape index (κ3) is 5.37. The van der Waals surface area contributed by atoms with Gasteiger partial charge in [-0.25, -0.2) is 4.98 Å². The number of hydrogen-bond donors (Lipinski definition) is 1. The number of hydrogen-bond acceptors (Lipinski definition) is 5. The minimum atomic E-state index is 0.150. The fourth-order valence-corrected chi connectivity index (χ4v) is 3.19. The van der Waals surface area contributed by atoms with E-state index in [2.05, 4.69) is 29.2 Å². The zero-order chi connectivity index (χ0) is 20.5. The molecule has 0 spiro atoms. The first-order valence-electron chi connectivity index (χ1n) is 9.80. The van der Waals surface area contributed by atoms with E-state index in [0.717, 1.165) is 37.9 Å². The van der Waals surface area contributed by atoms with Crippen molar-refractivity contribution in [3.63, 3.8) is 0 Å². The summed E-state index contributed by atoms with van der Waals surface area (Å²) >= 11 is 0. The lowest BCUT2D eigenvalue weighted by molar-refractivity contribution is -0.117. The third-order valence-electron chi connectivity index (χ3n) is 4.75. The maximum Gasteiger partial charge on any atom is 0.256 e. The highest BCUT2D eigenvalue weighted by Crippen LogP contribution is 2.26. The standard InChI is InChI=1S/C20H32N6O2/c1-6-8-9-10-16(7-2)26(15-27)14-17(19-21-11-12-24(19)3)22-18-13-25(4)23-20(18)28-5/h11-16,22H,6-10H2,1-5H3/b17-14+. The molecule has 0 saturated carbocycles. The molecule has 0 aliphatic rings. The largest absolute Gasteiger partial charge is 0.478 e. The molecule has 2 aromatic heterocycles. The van der Waals surface area contributed by atoms with Crippen molar-refractivity contribution >= 4 is 17.8 Å². The van der Waals surface area contributed by atoms with E-state index in [1.807, 2.05) is 37.3 Å². The van der Waals surface area contributed by atoms with E-state index in [0.29, 0.717) is 17.3 Å². The molecule has 0 aliphatic heterocycles. The molecular formula is C20H32N6O2. The normalized spacial score (nSPS) is 12.7. The van der Waals surface area contributed by atoms with Gasteiger partial charge in [-0.15, -0.1) is 5.10 Å². The van der Waals surface area contributed by atoms with Crippen LogP contribution in [0.25, 0.3) is 5.70 Å². The maximum atomic E-state index is 11.9. The molecule has 1 unspecified atom stereocenters. The van der Waals surface area contributed by atoms with Crippen LogP contribution in [0.2, 0.25) is 0 Å². The van der Waals surface area contributed by atoms with E-state index in [9.17, 15) is 4.79 Å². The summed E-state index contributed by atoms with van der Waals surface area (Å²) in [6, 6.07) is 0.150. The van der Waals surface area contributed by atoms with Crippen LogP contribution in [-0.2, 0) is 18.9 Å². The number of imidazole rings is 1. The minimum absolute atomic E-state index is 0.150. The van der Waals surface area contributed by atoms with Crippen LogP contribution in [0.4, 0.5) is 5.69 Å². The van der Waals surface area contributed by atoms with E-state index in [4.69, 9.17) is 4.74 Å². The Kier molecular flexibility index (Phi) is 8.10. The SMILES string of the molecule is CCCCCC(CC)N(C=O)/C=C(/Nc1cn(C)nc1OC)c1nccn1C. The predicted molar refractivity (Wildman–Crippen MR) is 111 cm³/mol.